The second-order valence-electron chi connectivity index (χ2n) is 7.69. The highest BCUT2D eigenvalue weighted by atomic mass is 32.1. The zero-order valence-corrected chi connectivity index (χ0v) is 18.0. The van der Waals surface area contributed by atoms with Gasteiger partial charge in [0.2, 0.25) is 0 Å². The highest BCUT2D eigenvalue weighted by Gasteiger charge is 2.24. The zero-order chi connectivity index (χ0) is 19.6. The lowest BCUT2D eigenvalue weighted by Crippen LogP contribution is -2.29. The van der Waals surface area contributed by atoms with Crippen LogP contribution in [0.3, 0.4) is 0 Å². The molecule has 2 aromatic carbocycles. The molecule has 0 bridgehead atoms. The molecule has 3 nitrogen and oxygen atoms in total. The molecule has 1 aromatic heterocycles. The molecular formula is C22H25N2OSSi. The van der Waals surface area contributed by atoms with E-state index in [4.69, 9.17) is 5.73 Å². The summed E-state index contributed by atoms with van der Waals surface area (Å²) in [4.78, 5) is 13.8. The van der Waals surface area contributed by atoms with Gasteiger partial charge in [0, 0.05) is 10.4 Å². The molecule has 1 amide bonds. The first-order valence-electron chi connectivity index (χ1n) is 8.95. The fourth-order valence-corrected chi connectivity index (χ4v) is 4.52. The van der Waals surface area contributed by atoms with Crippen LogP contribution in [0.5, 0.6) is 0 Å². The molecule has 0 unspecified atom stereocenters. The summed E-state index contributed by atoms with van der Waals surface area (Å²) in [6.45, 7) is 9.17. The summed E-state index contributed by atoms with van der Waals surface area (Å²) in [5.41, 5.74) is 11.6. The average molecular weight is 394 g/mol. The largest absolute Gasteiger partial charge is 0.397 e. The summed E-state index contributed by atoms with van der Waals surface area (Å²) in [5, 5.41) is 4.98. The molecule has 0 aliphatic rings. The van der Waals surface area contributed by atoms with Crippen LogP contribution in [0.15, 0.2) is 60.0 Å². The van der Waals surface area contributed by atoms with Crippen LogP contribution < -0.4 is 11.1 Å². The van der Waals surface area contributed by atoms with Gasteiger partial charge in [0.05, 0.1) is 19.4 Å². The molecule has 3 rings (SSSR count). The summed E-state index contributed by atoms with van der Waals surface area (Å²) in [6.07, 6.45) is 0. The van der Waals surface area contributed by atoms with Gasteiger partial charge in [-0.15, -0.1) is 11.3 Å². The summed E-state index contributed by atoms with van der Waals surface area (Å²) in [6, 6.07) is 17.6. The van der Waals surface area contributed by atoms with Gasteiger partial charge in [-0.25, -0.2) is 0 Å². The minimum Gasteiger partial charge on any atom is -0.397 e. The van der Waals surface area contributed by atoms with E-state index in [0.29, 0.717) is 16.9 Å². The average Bonchev–Trinajstić information content (AvgIpc) is 3.17. The summed E-state index contributed by atoms with van der Waals surface area (Å²) in [7, 11) is -1.35. The molecule has 0 aliphatic heterocycles. The predicted molar refractivity (Wildman–Crippen MR) is 120 cm³/mol. The van der Waals surface area contributed by atoms with Crippen molar-refractivity contribution in [2.45, 2.75) is 26.6 Å². The minimum atomic E-state index is -1.35. The van der Waals surface area contributed by atoms with Crippen LogP contribution in [-0.4, -0.2) is 14.0 Å². The van der Waals surface area contributed by atoms with E-state index in [0.717, 1.165) is 10.4 Å². The second kappa shape index (κ2) is 7.70. The summed E-state index contributed by atoms with van der Waals surface area (Å²) >= 11 is 1.66. The summed E-state index contributed by atoms with van der Waals surface area (Å²) in [5.74, 6) is -0.151. The fraction of sp³-hybridized carbons (Fsp3) is 0.182. The third-order valence-corrected chi connectivity index (χ3v) is 8.27. The van der Waals surface area contributed by atoms with E-state index in [1.54, 1.807) is 11.3 Å². The van der Waals surface area contributed by atoms with Crippen molar-refractivity contribution in [3.8, 4) is 10.4 Å². The Balaban J connectivity index is 1.79. The van der Waals surface area contributed by atoms with E-state index in [1.165, 1.54) is 11.1 Å². The van der Waals surface area contributed by atoms with Gasteiger partial charge in [-0.1, -0.05) is 50.8 Å². The van der Waals surface area contributed by atoms with Gasteiger partial charge in [-0.2, -0.15) is 0 Å². The zero-order valence-electron chi connectivity index (χ0n) is 16.2. The van der Waals surface area contributed by atoms with Crippen molar-refractivity contribution in [1.29, 1.82) is 0 Å². The maximum absolute atomic E-state index is 12.7. The van der Waals surface area contributed by atoms with Crippen molar-refractivity contribution < 1.29 is 4.79 Å². The SMILES string of the molecule is C[C](c1ccc(C(=O)Nc2cc(-c3cccs3)ccc2N)cc1)[Si](C)(C)C. The number of nitrogens with two attached hydrogens (primary N) is 1. The Morgan fingerprint density at radius 3 is 2.26 bits per heavy atom. The molecule has 5 heteroatoms. The van der Waals surface area contributed by atoms with Crippen LogP contribution in [-0.2, 0) is 0 Å². The van der Waals surface area contributed by atoms with E-state index in [9.17, 15) is 4.79 Å². The molecule has 3 N–H and O–H groups in total. The van der Waals surface area contributed by atoms with Crippen LogP contribution in [0.4, 0.5) is 11.4 Å². The predicted octanol–water partition coefficient (Wildman–Crippen LogP) is 6.07. The molecular weight excluding hydrogens is 368 g/mol. The number of hydrogen-bond donors (Lipinski definition) is 2. The van der Waals surface area contributed by atoms with Gasteiger partial charge >= 0.3 is 0 Å². The van der Waals surface area contributed by atoms with Gasteiger partial charge in [0.25, 0.3) is 5.91 Å². The molecule has 0 atom stereocenters. The van der Waals surface area contributed by atoms with Crippen LogP contribution in [0, 0.1) is 5.54 Å². The third kappa shape index (κ3) is 4.49. The van der Waals surface area contributed by atoms with Crippen molar-refractivity contribution in [2.75, 3.05) is 11.1 Å². The highest BCUT2D eigenvalue weighted by molar-refractivity contribution is 7.13. The van der Waals surface area contributed by atoms with Crippen LogP contribution >= 0.6 is 11.3 Å². The Bertz CT molecular complexity index is 928. The summed E-state index contributed by atoms with van der Waals surface area (Å²) < 4.78 is 0. The lowest BCUT2D eigenvalue weighted by Gasteiger charge is -2.25. The lowest BCUT2D eigenvalue weighted by molar-refractivity contribution is 0.102. The van der Waals surface area contributed by atoms with Crippen molar-refractivity contribution in [2.24, 2.45) is 0 Å². The Labute approximate surface area is 166 Å². The van der Waals surface area contributed by atoms with E-state index in [2.05, 4.69) is 37.9 Å². The monoisotopic (exact) mass is 393 g/mol. The van der Waals surface area contributed by atoms with Gasteiger partial charge in [0.15, 0.2) is 0 Å². The second-order valence-corrected chi connectivity index (χ2v) is 13.9. The van der Waals surface area contributed by atoms with E-state index in [-0.39, 0.29) is 5.91 Å². The van der Waals surface area contributed by atoms with Crippen molar-refractivity contribution in [3.05, 3.63) is 76.6 Å². The van der Waals surface area contributed by atoms with E-state index < -0.39 is 8.07 Å². The maximum atomic E-state index is 12.7. The molecule has 139 valence electrons. The van der Waals surface area contributed by atoms with Crippen LogP contribution in [0.2, 0.25) is 19.6 Å². The topological polar surface area (TPSA) is 55.1 Å². The molecule has 0 fully saturated rings. The minimum absolute atomic E-state index is 0.151. The number of hydrogen-bond acceptors (Lipinski definition) is 3. The number of carbonyl (C=O) groups excluding carboxylic acids is 1. The highest BCUT2D eigenvalue weighted by Crippen LogP contribution is 2.30. The maximum Gasteiger partial charge on any atom is 0.255 e. The van der Waals surface area contributed by atoms with Gasteiger partial charge in [0.1, 0.15) is 0 Å². The van der Waals surface area contributed by atoms with Crippen molar-refractivity contribution in [1.82, 2.24) is 0 Å². The third-order valence-electron chi connectivity index (χ3n) is 4.81. The molecule has 3 aromatic rings. The Hall–Kier alpha value is -2.37. The number of nitrogens with one attached hydrogen (secondary N) is 1. The standard InChI is InChI=1S/C22H25N2OSSi/c1-15(27(2,3)4)16-7-9-17(10-8-16)22(25)24-20-14-18(11-12-19(20)23)21-6-5-13-26-21/h5-14H,23H2,1-4H3,(H,24,25). The lowest BCUT2D eigenvalue weighted by atomic mass is 10.1. The van der Waals surface area contributed by atoms with Gasteiger partial charge < -0.3 is 11.1 Å². The van der Waals surface area contributed by atoms with Crippen LogP contribution in [0.25, 0.3) is 10.4 Å². The van der Waals surface area contributed by atoms with Crippen LogP contribution in [0.1, 0.15) is 22.8 Å². The van der Waals surface area contributed by atoms with E-state index in [1.807, 2.05) is 53.9 Å². The first-order valence-corrected chi connectivity index (χ1v) is 13.3. The van der Waals surface area contributed by atoms with Crippen molar-refractivity contribution in [3.63, 3.8) is 0 Å². The molecule has 0 spiro atoms. The number of anilines is 2. The Kier molecular flexibility index (Phi) is 5.53. The quantitative estimate of drug-likeness (QED) is 0.408. The number of rotatable bonds is 5. The Morgan fingerprint density at radius 2 is 1.67 bits per heavy atom. The molecule has 27 heavy (non-hydrogen) atoms. The fourth-order valence-electron chi connectivity index (χ4n) is 2.76. The molecule has 0 saturated carbocycles. The molecule has 0 aliphatic carbocycles. The van der Waals surface area contributed by atoms with E-state index >= 15 is 0 Å². The molecule has 1 radical (unpaired) electrons. The van der Waals surface area contributed by atoms with Gasteiger partial charge in [-0.05, 0) is 52.4 Å². The number of nitrogen functional groups attached to an aromatic ring is 1. The first kappa shape index (κ1) is 19.4. The number of amides is 1. The van der Waals surface area contributed by atoms with Gasteiger partial charge in [-0.3, -0.25) is 4.79 Å². The normalized spacial score (nSPS) is 11.6. The Morgan fingerprint density at radius 1 is 1.00 bits per heavy atom. The molecule has 1 heterocycles. The first-order chi connectivity index (χ1) is 12.8. The number of carbonyl (C=O) groups is 1. The number of thiophene rings is 1. The molecule has 0 saturated heterocycles. The smallest absolute Gasteiger partial charge is 0.255 e. The number of benzene rings is 2. The van der Waals surface area contributed by atoms with Crippen molar-refractivity contribution >= 4 is 36.7 Å².